The van der Waals surface area contributed by atoms with Crippen molar-refractivity contribution in [3.8, 4) is 11.8 Å². The summed E-state index contributed by atoms with van der Waals surface area (Å²) in [6, 6.07) is 18.0. The summed E-state index contributed by atoms with van der Waals surface area (Å²) in [4.78, 5) is 0. The van der Waals surface area contributed by atoms with Gasteiger partial charge in [0.05, 0.1) is 0 Å². The van der Waals surface area contributed by atoms with Crippen LogP contribution in [0, 0.1) is 11.8 Å². The molecule has 0 fully saturated rings. The van der Waals surface area contributed by atoms with Crippen molar-refractivity contribution in [1.82, 2.24) is 0 Å². The Balaban J connectivity index is 0.00000135. The van der Waals surface area contributed by atoms with Crippen LogP contribution in [-0.4, -0.2) is 4.70 Å². The van der Waals surface area contributed by atoms with E-state index >= 15 is 0 Å². The van der Waals surface area contributed by atoms with Crippen molar-refractivity contribution in [3.63, 3.8) is 0 Å². The van der Waals surface area contributed by atoms with E-state index in [1.807, 2.05) is 0 Å². The normalized spacial score (nSPS) is 12.7. The van der Waals surface area contributed by atoms with Gasteiger partial charge in [-0.25, -0.2) is 4.70 Å². The molecule has 3 rings (SSSR count). The summed E-state index contributed by atoms with van der Waals surface area (Å²) >= 11 is 1.61. The van der Waals surface area contributed by atoms with Gasteiger partial charge in [0.15, 0.2) is 0 Å². The topological polar surface area (TPSA) is 25.3 Å². The average molecular weight is 1000 g/mol. The molecule has 0 aromatic heterocycles. The number of hydrogen-bond donors (Lipinski definition) is 0. The molecular formula is C67H108N2Ni. The van der Waals surface area contributed by atoms with Crippen LogP contribution in [0.3, 0.4) is 0 Å². The molecule has 396 valence electrons. The van der Waals surface area contributed by atoms with Gasteiger partial charge in [-0.1, -0.05) is 212 Å². The Bertz CT molecular complexity index is 1770. The number of nitrogens with zero attached hydrogens (tertiary/aromatic N) is 2. The Morgan fingerprint density at radius 1 is 0.429 bits per heavy atom. The molecule has 0 spiro atoms. The Hall–Kier alpha value is -2.95. The van der Waals surface area contributed by atoms with Crippen molar-refractivity contribution in [1.29, 1.82) is 0 Å². The fourth-order valence-electron chi connectivity index (χ4n) is 9.67. The molecule has 0 radical (unpaired) electrons. The molecule has 0 aliphatic carbocycles. The third-order valence-corrected chi connectivity index (χ3v) is 14.8. The van der Waals surface area contributed by atoms with Gasteiger partial charge < -0.3 is 5.53 Å². The van der Waals surface area contributed by atoms with Crippen LogP contribution < -0.4 is 0 Å². The van der Waals surface area contributed by atoms with E-state index in [9.17, 15) is 5.53 Å². The predicted octanol–water partition coefficient (Wildman–Crippen LogP) is 22.6. The molecule has 1 heterocycles. The maximum absolute atomic E-state index is 12.4. The number of rotatable bonds is 42. The number of benzene rings is 2. The fourth-order valence-corrected chi connectivity index (χ4v) is 10.4. The first-order chi connectivity index (χ1) is 34.6. The molecule has 3 heteroatoms. The van der Waals surface area contributed by atoms with E-state index in [1.54, 1.807) is 19.1 Å². The van der Waals surface area contributed by atoms with Crippen molar-refractivity contribution in [2.75, 3.05) is 0 Å². The number of hydrogen-bond acceptors (Lipinski definition) is 0. The second-order valence-corrected chi connectivity index (χ2v) is 21.4. The molecule has 0 N–H and O–H groups in total. The number of aryl methyl sites for hydroxylation is 2. The molecule has 0 bridgehead atoms. The van der Waals surface area contributed by atoms with Crippen LogP contribution in [0.25, 0.3) is 16.9 Å². The maximum Gasteiger partial charge on any atom is 0.211 e. The van der Waals surface area contributed by atoms with Crippen LogP contribution in [0.4, 0.5) is 0 Å². The number of allylic oxidation sites excluding steroid dienone is 4. The first-order valence-electron chi connectivity index (χ1n) is 30.0. The smallest absolute Gasteiger partial charge is 0.211 e. The van der Waals surface area contributed by atoms with Gasteiger partial charge in [0.25, 0.3) is 0 Å². The molecule has 2 aromatic carbocycles. The molecular weight excluding hydrogens is 891 g/mol. The zero-order valence-electron chi connectivity index (χ0n) is 46.7. The maximum atomic E-state index is 12.4. The summed E-state index contributed by atoms with van der Waals surface area (Å²) in [7, 11) is 0. The minimum absolute atomic E-state index is 0.941. The van der Waals surface area contributed by atoms with Crippen LogP contribution in [0.5, 0.6) is 0 Å². The molecule has 0 unspecified atom stereocenters. The zero-order valence-corrected chi connectivity index (χ0v) is 47.7. The van der Waals surface area contributed by atoms with Crippen LogP contribution >= 0.6 is 0 Å². The van der Waals surface area contributed by atoms with Crippen molar-refractivity contribution >= 4 is 11.4 Å². The molecule has 1 aliphatic rings. The van der Waals surface area contributed by atoms with E-state index in [0.717, 1.165) is 68.3 Å². The van der Waals surface area contributed by atoms with Gasteiger partial charge >= 0.3 is 76.2 Å². The molecule has 2 nitrogen and oxygen atoms in total. The zero-order chi connectivity index (χ0) is 50.4. The van der Waals surface area contributed by atoms with Crippen LogP contribution in [0.15, 0.2) is 81.9 Å². The van der Waals surface area contributed by atoms with Crippen LogP contribution in [0.1, 0.15) is 301 Å². The van der Waals surface area contributed by atoms with Crippen molar-refractivity contribution in [3.05, 3.63) is 110 Å². The van der Waals surface area contributed by atoms with Crippen LogP contribution in [-0.2, 0) is 27.3 Å². The molecule has 0 saturated carbocycles. The average Bonchev–Trinajstić information content (AvgIpc) is 3.65. The summed E-state index contributed by atoms with van der Waals surface area (Å²) < 4.78 is 1.62. The molecule has 0 saturated heterocycles. The fraction of sp³-hybridized carbons (Fsp3) is 0.672. The number of unbranched alkanes of at least 4 members (excludes halogenated alkanes) is 28. The van der Waals surface area contributed by atoms with Gasteiger partial charge in [0, 0.05) is 35.1 Å². The SMILES string of the molecule is CCCC=[CH][Ni][CH]=CCCC.CCCCCCCCCCCCCCCCCCCC#CCCCc1ccccc1C1=C(CCCCCCCC)C(CCCCC)=C(c2cccc(CCCC)c2)[N+]1=[N-]. The van der Waals surface area contributed by atoms with Gasteiger partial charge in [-0.05, 0) is 87.1 Å². The van der Waals surface area contributed by atoms with E-state index < -0.39 is 0 Å². The first kappa shape index (κ1) is 63.2. The Morgan fingerprint density at radius 3 is 1.43 bits per heavy atom. The van der Waals surface area contributed by atoms with E-state index in [-0.39, 0.29) is 0 Å². The Morgan fingerprint density at radius 2 is 0.886 bits per heavy atom. The predicted molar refractivity (Wildman–Crippen MR) is 309 cm³/mol. The second-order valence-electron chi connectivity index (χ2n) is 20.4. The van der Waals surface area contributed by atoms with Gasteiger partial charge in [-0.2, -0.15) is 0 Å². The van der Waals surface area contributed by atoms with Gasteiger partial charge in [0.2, 0.25) is 11.4 Å². The summed E-state index contributed by atoms with van der Waals surface area (Å²) in [6.45, 7) is 13.6. The largest absolute Gasteiger partial charge is 0.493 e. The Labute approximate surface area is 441 Å². The van der Waals surface area contributed by atoms with E-state index in [2.05, 4.69) is 124 Å². The Kier molecular flexibility index (Phi) is 41.4. The van der Waals surface area contributed by atoms with Gasteiger partial charge in [-0.3, -0.25) is 0 Å². The molecule has 2 aromatic rings. The van der Waals surface area contributed by atoms with Gasteiger partial charge in [0.1, 0.15) is 0 Å². The van der Waals surface area contributed by atoms with E-state index in [0.29, 0.717) is 0 Å². The monoisotopic (exact) mass is 999 g/mol. The third kappa shape index (κ3) is 29.5. The van der Waals surface area contributed by atoms with E-state index in [1.165, 1.54) is 227 Å². The second kappa shape index (κ2) is 45.9. The quantitative estimate of drug-likeness (QED) is 0.0274. The van der Waals surface area contributed by atoms with Gasteiger partial charge in [-0.15, -0.1) is 11.8 Å². The summed E-state index contributed by atoms with van der Waals surface area (Å²) in [5.74, 6) is 7.03. The third-order valence-electron chi connectivity index (χ3n) is 13.9. The minimum atomic E-state index is 0.941. The van der Waals surface area contributed by atoms with Crippen molar-refractivity contribution < 1.29 is 19.1 Å². The molecule has 0 amide bonds. The van der Waals surface area contributed by atoms with Crippen molar-refractivity contribution in [2.24, 2.45) is 0 Å². The summed E-state index contributed by atoms with van der Waals surface area (Å²) in [6.07, 6.45) is 54.2. The summed E-state index contributed by atoms with van der Waals surface area (Å²) in [5, 5.41) is 4.37. The first-order valence-corrected chi connectivity index (χ1v) is 31.1. The molecule has 1 aliphatic heterocycles. The molecule has 70 heavy (non-hydrogen) atoms. The standard InChI is InChI=1S/C57H90N2.2C5H9.Ni/c1-5-9-13-15-17-18-19-20-21-22-23-24-25-26-27-28-29-30-31-32-33-36-43-51-44-38-39-46-53(51)57-55(48-37-34-16-14-10-6-2)54(47-35-11-7-3)56(59(57)58)52-45-40-42-50(49-52)41-12-8-4;2*1-3-5-4-2;/h38-40,42,44-46,49H,5-30,33-37,41,43,47-48H2,1-4H3;2*1,3H,4-5H2,2H3;. The summed E-state index contributed by atoms with van der Waals surface area (Å²) in [5.41, 5.74) is 22.3. The van der Waals surface area contributed by atoms with Crippen LogP contribution in [0.2, 0.25) is 0 Å². The minimum Gasteiger partial charge on any atom is -0.493 e. The van der Waals surface area contributed by atoms with Crippen molar-refractivity contribution in [2.45, 2.75) is 292 Å². The van der Waals surface area contributed by atoms with E-state index in [4.69, 9.17) is 0 Å². The molecule has 0 atom stereocenters.